The minimum atomic E-state index is -1.66. The predicted molar refractivity (Wildman–Crippen MR) is 63.9 cm³/mol. The van der Waals surface area contributed by atoms with Gasteiger partial charge in [-0.25, -0.2) is 0 Å². The second kappa shape index (κ2) is 3.86. The second-order valence-electron chi connectivity index (χ2n) is 3.11. The van der Waals surface area contributed by atoms with E-state index in [4.69, 9.17) is 4.74 Å². The Morgan fingerprint density at radius 3 is 3.00 bits per heavy atom. The number of ether oxygens (including phenoxy) is 1. The second-order valence-corrected chi connectivity index (χ2v) is 7.85. The molecule has 1 aliphatic heterocycles. The molecule has 0 aliphatic carbocycles. The van der Waals surface area contributed by atoms with E-state index in [1.807, 2.05) is 24.1 Å². The number of carbonyl (C=O) groups is 1. The molecule has 0 fully saturated rings. The summed E-state index contributed by atoms with van der Waals surface area (Å²) in [6.45, 7) is 0.839. The number of nitrogens with one attached hydrogen (secondary N) is 1. The zero-order chi connectivity index (χ0) is 10.1. The van der Waals surface area contributed by atoms with Crippen LogP contribution in [0.3, 0.4) is 0 Å². The van der Waals surface area contributed by atoms with Gasteiger partial charge in [0.25, 0.3) is 0 Å². The number of fused-ring (bicyclic) bond motifs is 1. The molecule has 0 radical (unpaired) electrons. The summed E-state index contributed by atoms with van der Waals surface area (Å²) in [5.41, 5.74) is 1.22. The Bertz CT molecular complexity index is 378. The quantitative estimate of drug-likeness (QED) is 0.517. The Hall–Kier alpha value is -0.620. The molecular weight excluding hydrogens is 293 g/mol. The summed E-state index contributed by atoms with van der Waals surface area (Å²) in [7, 11) is 1.91. The van der Waals surface area contributed by atoms with Gasteiger partial charge in [0.05, 0.1) is 0 Å². The first-order valence-electron chi connectivity index (χ1n) is 4.31. The summed E-state index contributed by atoms with van der Waals surface area (Å²) in [5.74, 6) is 0.780. The number of carbonyl (C=O) groups excluding carboxylic acids is 1. The molecule has 0 unspecified atom stereocenters. The summed E-state index contributed by atoms with van der Waals surface area (Å²) in [4.78, 5) is 13.4. The van der Waals surface area contributed by atoms with Crippen LogP contribution in [-0.2, 0) is 6.54 Å². The molecule has 0 saturated carbocycles. The monoisotopic (exact) mass is 305 g/mol. The van der Waals surface area contributed by atoms with Gasteiger partial charge in [0, 0.05) is 0 Å². The average Bonchev–Trinajstić information content (AvgIpc) is 2.45. The van der Waals surface area contributed by atoms with Crippen molar-refractivity contribution in [3.05, 3.63) is 27.3 Å². The Balaban J connectivity index is 2.36. The van der Waals surface area contributed by atoms with Crippen LogP contribution in [0.2, 0.25) is 0 Å². The number of hydrogen-bond donors (Lipinski definition) is 1. The van der Waals surface area contributed by atoms with Gasteiger partial charge < -0.3 is 0 Å². The van der Waals surface area contributed by atoms with Crippen LogP contribution in [0.4, 0.5) is 4.79 Å². The van der Waals surface area contributed by atoms with E-state index in [1.165, 1.54) is 5.56 Å². The maximum absolute atomic E-state index is 11.3. The molecule has 4 heteroatoms. The van der Waals surface area contributed by atoms with Gasteiger partial charge in [0.15, 0.2) is 0 Å². The van der Waals surface area contributed by atoms with E-state index in [1.54, 1.807) is 0 Å². The van der Waals surface area contributed by atoms with Crippen LogP contribution < -0.4 is 10.1 Å². The molecule has 0 atom stereocenters. The standard InChI is InChI=1S/C10H12INO2/c1-11-8-5-7(6-12-2)3-4-9(8)14-10(11)13/h3-5,12H,6H2,1-2H3. The zero-order valence-corrected chi connectivity index (χ0v) is 10.3. The van der Waals surface area contributed by atoms with E-state index in [9.17, 15) is 4.79 Å². The summed E-state index contributed by atoms with van der Waals surface area (Å²) in [6.07, 6.45) is 0. The topological polar surface area (TPSA) is 38.3 Å². The first-order chi connectivity index (χ1) is 6.72. The molecule has 2 rings (SSSR count). The molecule has 1 aliphatic rings. The zero-order valence-electron chi connectivity index (χ0n) is 8.13. The molecular formula is C10H12INO2. The minimum absolute atomic E-state index is 0.00538. The summed E-state index contributed by atoms with van der Waals surface area (Å²) < 4.78 is 6.33. The normalized spacial score (nSPS) is 16.7. The Morgan fingerprint density at radius 2 is 2.29 bits per heavy atom. The predicted octanol–water partition coefficient (Wildman–Crippen LogP) is 2.22. The molecule has 3 nitrogen and oxygen atoms in total. The summed E-state index contributed by atoms with van der Waals surface area (Å²) in [5, 5.41) is 3.09. The molecule has 76 valence electrons. The molecule has 1 heterocycles. The van der Waals surface area contributed by atoms with E-state index >= 15 is 0 Å². The SMILES string of the molecule is CNCc1ccc2c(c1)I(C)C(=O)O2. The van der Waals surface area contributed by atoms with E-state index in [0.29, 0.717) is 0 Å². The Morgan fingerprint density at radius 1 is 1.50 bits per heavy atom. The molecule has 0 bridgehead atoms. The molecule has 0 saturated heterocycles. The van der Waals surface area contributed by atoms with Gasteiger partial charge in [0.1, 0.15) is 0 Å². The average molecular weight is 305 g/mol. The van der Waals surface area contributed by atoms with Crippen molar-refractivity contribution in [1.82, 2.24) is 5.32 Å². The Kier molecular flexibility index (Phi) is 2.73. The van der Waals surface area contributed by atoms with E-state index < -0.39 is 19.8 Å². The van der Waals surface area contributed by atoms with Gasteiger partial charge in [-0.05, 0) is 0 Å². The first-order valence-corrected chi connectivity index (χ1v) is 8.63. The van der Waals surface area contributed by atoms with Gasteiger partial charge >= 0.3 is 90.2 Å². The van der Waals surface area contributed by atoms with Gasteiger partial charge in [-0.3, -0.25) is 0 Å². The fourth-order valence-electron chi connectivity index (χ4n) is 1.39. The third-order valence-corrected chi connectivity index (χ3v) is 6.23. The first kappa shape index (κ1) is 9.92. The van der Waals surface area contributed by atoms with Crippen molar-refractivity contribution in [1.29, 1.82) is 0 Å². The fraction of sp³-hybridized carbons (Fsp3) is 0.300. The third kappa shape index (κ3) is 1.64. The fourth-order valence-corrected chi connectivity index (χ4v) is 4.39. The number of benzene rings is 1. The van der Waals surface area contributed by atoms with Crippen molar-refractivity contribution in [3.63, 3.8) is 0 Å². The third-order valence-electron chi connectivity index (χ3n) is 2.10. The van der Waals surface area contributed by atoms with E-state index in [0.717, 1.165) is 15.9 Å². The molecule has 1 aromatic carbocycles. The van der Waals surface area contributed by atoms with Crippen LogP contribution in [0.5, 0.6) is 5.75 Å². The molecule has 0 aromatic heterocycles. The molecule has 1 N–H and O–H groups in total. The van der Waals surface area contributed by atoms with E-state index in [2.05, 4.69) is 11.4 Å². The van der Waals surface area contributed by atoms with Crippen LogP contribution in [0, 0.1) is 3.57 Å². The summed E-state index contributed by atoms with van der Waals surface area (Å²) >= 11 is -1.66. The number of rotatable bonds is 2. The van der Waals surface area contributed by atoms with Gasteiger partial charge in [0.2, 0.25) is 0 Å². The number of hydrogen-bond acceptors (Lipinski definition) is 3. The van der Waals surface area contributed by atoms with Crippen molar-refractivity contribution < 1.29 is 9.53 Å². The number of alkyl halides is 1. The van der Waals surface area contributed by atoms with Crippen molar-refractivity contribution in [2.45, 2.75) is 6.54 Å². The van der Waals surface area contributed by atoms with Crippen LogP contribution in [0.1, 0.15) is 5.56 Å². The van der Waals surface area contributed by atoms with Crippen molar-refractivity contribution >= 4 is 23.8 Å². The van der Waals surface area contributed by atoms with Crippen LogP contribution in [0.15, 0.2) is 18.2 Å². The molecule has 1 aromatic rings. The van der Waals surface area contributed by atoms with Crippen LogP contribution >= 0.6 is 19.8 Å². The molecule has 14 heavy (non-hydrogen) atoms. The summed E-state index contributed by atoms with van der Waals surface area (Å²) in [6, 6.07) is 6.00. The Labute approximate surface area is 90.2 Å². The van der Waals surface area contributed by atoms with Crippen molar-refractivity contribution in [2.24, 2.45) is 0 Å². The van der Waals surface area contributed by atoms with E-state index in [-0.39, 0.29) is 3.98 Å². The van der Waals surface area contributed by atoms with Crippen molar-refractivity contribution in [3.8, 4) is 5.75 Å². The van der Waals surface area contributed by atoms with Gasteiger partial charge in [-0.2, -0.15) is 0 Å². The van der Waals surface area contributed by atoms with Gasteiger partial charge in [-0.1, -0.05) is 0 Å². The van der Waals surface area contributed by atoms with Crippen LogP contribution in [0.25, 0.3) is 0 Å². The van der Waals surface area contributed by atoms with Gasteiger partial charge in [-0.15, -0.1) is 0 Å². The molecule has 0 spiro atoms. The maximum atomic E-state index is 11.3. The molecule has 0 amide bonds. The van der Waals surface area contributed by atoms with Crippen LogP contribution in [-0.4, -0.2) is 16.0 Å². The number of halogens is 1. The van der Waals surface area contributed by atoms with Crippen molar-refractivity contribution in [2.75, 3.05) is 12.0 Å².